The quantitative estimate of drug-likeness (QED) is 0.696. The van der Waals surface area contributed by atoms with E-state index in [4.69, 9.17) is 11.6 Å². The summed E-state index contributed by atoms with van der Waals surface area (Å²) in [7, 11) is 0. The number of likely N-dealkylation sites (tertiary alicyclic amines) is 1. The molecule has 0 spiro atoms. The molecule has 2 amide bonds. The van der Waals surface area contributed by atoms with Gasteiger partial charge in [-0.25, -0.2) is 4.79 Å². The maximum atomic E-state index is 13.3. The van der Waals surface area contributed by atoms with Crippen molar-refractivity contribution in [1.82, 2.24) is 4.90 Å². The lowest BCUT2D eigenvalue weighted by molar-refractivity contribution is -0.0541. The Kier molecular flexibility index (Phi) is 5.91. The Morgan fingerprint density at radius 2 is 1.81 bits per heavy atom. The van der Waals surface area contributed by atoms with Crippen molar-refractivity contribution in [3.8, 4) is 0 Å². The molecule has 5 rings (SSSR count). The minimum absolute atomic E-state index is 0.127. The first kappa shape index (κ1) is 20.8. The molecule has 2 aromatic carbocycles. The van der Waals surface area contributed by atoms with E-state index in [9.17, 15) is 9.90 Å². The molecule has 164 valence electrons. The zero-order valence-electron chi connectivity index (χ0n) is 17.7. The fraction of sp³-hybridized carbons (Fsp3) is 0.480. The third-order valence-corrected chi connectivity index (χ3v) is 7.61. The number of hydrogen-bond donors (Lipinski definition) is 2. The summed E-state index contributed by atoms with van der Waals surface area (Å²) >= 11 is 5.98. The summed E-state index contributed by atoms with van der Waals surface area (Å²) in [6.45, 7) is 1.84. The van der Waals surface area contributed by atoms with Gasteiger partial charge in [0.1, 0.15) is 0 Å². The molecule has 1 saturated heterocycles. The van der Waals surface area contributed by atoms with Crippen LogP contribution in [0.2, 0.25) is 5.02 Å². The van der Waals surface area contributed by atoms with Crippen LogP contribution in [0.5, 0.6) is 0 Å². The number of fused-ring (bicyclic) bond motifs is 3. The van der Waals surface area contributed by atoms with Crippen LogP contribution >= 0.6 is 11.6 Å². The number of halogens is 1. The summed E-state index contributed by atoms with van der Waals surface area (Å²) in [5, 5.41) is 13.9. The van der Waals surface area contributed by atoms with Crippen LogP contribution in [0.15, 0.2) is 48.5 Å². The van der Waals surface area contributed by atoms with Crippen LogP contribution in [0.25, 0.3) is 0 Å². The average molecular weight is 440 g/mol. The standard InChI is InChI=1S/C25H30ClN3O2/c26-18-10-12-19(13-11-18)27-25(31)29-15-22-24(20-8-4-5-9-21(20)29)23(16-30)28(22)14-17-6-2-1-3-7-17/h4-5,8-13,17,22-24,30H,1-3,6-7,14-16H2,(H,27,31)/t22-,23+,24+/m1/s1. The van der Waals surface area contributed by atoms with E-state index >= 15 is 0 Å². The van der Waals surface area contributed by atoms with E-state index in [2.05, 4.69) is 16.3 Å². The second kappa shape index (κ2) is 8.81. The van der Waals surface area contributed by atoms with E-state index in [0.29, 0.717) is 17.5 Å². The fourth-order valence-electron chi connectivity index (χ4n) is 5.82. The monoisotopic (exact) mass is 439 g/mol. The number of amides is 2. The number of benzene rings is 2. The second-order valence-electron chi connectivity index (χ2n) is 9.15. The van der Waals surface area contributed by atoms with E-state index < -0.39 is 0 Å². The van der Waals surface area contributed by atoms with Gasteiger partial charge in [-0.1, -0.05) is 49.1 Å². The molecule has 31 heavy (non-hydrogen) atoms. The normalized spacial score (nSPS) is 26.0. The van der Waals surface area contributed by atoms with E-state index in [1.807, 2.05) is 35.2 Å². The molecule has 0 bridgehead atoms. The summed E-state index contributed by atoms with van der Waals surface area (Å²) in [6.07, 6.45) is 6.54. The largest absolute Gasteiger partial charge is 0.395 e. The Morgan fingerprint density at radius 3 is 2.55 bits per heavy atom. The van der Waals surface area contributed by atoms with E-state index in [1.165, 1.54) is 37.7 Å². The van der Waals surface area contributed by atoms with Gasteiger partial charge in [0.15, 0.2) is 0 Å². The Balaban J connectivity index is 1.39. The van der Waals surface area contributed by atoms with E-state index in [-0.39, 0.29) is 30.6 Å². The maximum Gasteiger partial charge on any atom is 0.326 e. The molecule has 2 N–H and O–H groups in total. The third-order valence-electron chi connectivity index (χ3n) is 7.36. The van der Waals surface area contributed by atoms with Crippen LogP contribution in [0.1, 0.15) is 43.6 Å². The second-order valence-corrected chi connectivity index (χ2v) is 9.59. The molecule has 2 aliphatic heterocycles. The van der Waals surface area contributed by atoms with Crippen LogP contribution < -0.4 is 10.2 Å². The summed E-state index contributed by atoms with van der Waals surface area (Å²) in [5.41, 5.74) is 2.85. The average Bonchev–Trinajstić information content (AvgIpc) is 2.79. The number of urea groups is 1. The van der Waals surface area contributed by atoms with Crippen molar-refractivity contribution < 1.29 is 9.90 Å². The smallest absolute Gasteiger partial charge is 0.326 e. The molecule has 5 nitrogen and oxygen atoms in total. The number of hydrogen-bond acceptors (Lipinski definition) is 3. The van der Waals surface area contributed by atoms with Gasteiger partial charge < -0.3 is 10.4 Å². The molecule has 2 fully saturated rings. The number of carbonyl (C=O) groups excluding carboxylic acids is 1. The molecule has 1 aliphatic carbocycles. The maximum absolute atomic E-state index is 13.3. The van der Waals surface area contributed by atoms with Gasteiger partial charge in [0.05, 0.1) is 6.61 Å². The number of nitrogens with one attached hydrogen (secondary N) is 1. The van der Waals surface area contributed by atoms with Gasteiger partial charge in [-0.3, -0.25) is 9.80 Å². The molecule has 0 aromatic heterocycles. The highest BCUT2D eigenvalue weighted by molar-refractivity contribution is 6.30. The molecule has 6 heteroatoms. The van der Waals surface area contributed by atoms with Crippen LogP contribution in [0, 0.1) is 5.92 Å². The van der Waals surface area contributed by atoms with Gasteiger partial charge >= 0.3 is 6.03 Å². The zero-order valence-corrected chi connectivity index (χ0v) is 18.5. The Labute approximate surface area is 189 Å². The SMILES string of the molecule is O=C(Nc1ccc(Cl)cc1)N1C[C@@H]2[C@H](c3ccccc31)[C@H](CO)N2CC1CCCCC1. The number of carbonyl (C=O) groups is 1. The Morgan fingerprint density at radius 1 is 1.06 bits per heavy atom. The zero-order chi connectivity index (χ0) is 21.4. The molecule has 3 aliphatic rings. The van der Waals surface area contributed by atoms with Crippen LogP contribution in [-0.4, -0.2) is 47.8 Å². The lowest BCUT2D eigenvalue weighted by Gasteiger charge is -2.59. The molecular formula is C25H30ClN3O2. The van der Waals surface area contributed by atoms with Gasteiger partial charge in [0.2, 0.25) is 0 Å². The molecule has 1 saturated carbocycles. The fourth-order valence-corrected chi connectivity index (χ4v) is 5.95. The van der Waals surface area contributed by atoms with Crippen molar-refractivity contribution in [2.24, 2.45) is 5.92 Å². The van der Waals surface area contributed by atoms with Gasteiger partial charge in [-0.05, 0) is 54.7 Å². The van der Waals surface area contributed by atoms with Crippen molar-refractivity contribution in [3.05, 3.63) is 59.1 Å². The van der Waals surface area contributed by atoms with Gasteiger partial charge in [-0.15, -0.1) is 0 Å². The summed E-state index contributed by atoms with van der Waals surface area (Å²) in [6, 6.07) is 15.6. The topological polar surface area (TPSA) is 55.8 Å². The third kappa shape index (κ3) is 3.95. The lowest BCUT2D eigenvalue weighted by atomic mass is 9.71. The number of aliphatic hydroxyl groups is 1. The van der Waals surface area contributed by atoms with E-state index in [1.54, 1.807) is 12.1 Å². The minimum Gasteiger partial charge on any atom is -0.395 e. The molecule has 0 radical (unpaired) electrons. The lowest BCUT2D eigenvalue weighted by Crippen LogP contribution is -2.70. The highest BCUT2D eigenvalue weighted by atomic mass is 35.5. The van der Waals surface area contributed by atoms with Crippen LogP contribution in [0.3, 0.4) is 0 Å². The first-order valence-electron chi connectivity index (χ1n) is 11.5. The number of nitrogens with zero attached hydrogens (tertiary/aromatic N) is 2. The van der Waals surface area contributed by atoms with Crippen molar-refractivity contribution in [2.45, 2.75) is 50.1 Å². The Hall–Kier alpha value is -2.08. The predicted molar refractivity (Wildman–Crippen MR) is 125 cm³/mol. The van der Waals surface area contributed by atoms with Crippen LogP contribution in [-0.2, 0) is 0 Å². The van der Waals surface area contributed by atoms with Gasteiger partial charge in [0.25, 0.3) is 0 Å². The minimum atomic E-state index is -0.127. The molecule has 3 atom stereocenters. The van der Waals surface area contributed by atoms with Crippen molar-refractivity contribution in [1.29, 1.82) is 0 Å². The summed E-state index contributed by atoms with van der Waals surface area (Å²) in [5.74, 6) is 0.988. The number of aliphatic hydroxyl groups excluding tert-OH is 1. The van der Waals surface area contributed by atoms with Crippen LogP contribution in [0.4, 0.5) is 16.2 Å². The van der Waals surface area contributed by atoms with Crippen molar-refractivity contribution in [2.75, 3.05) is 29.9 Å². The van der Waals surface area contributed by atoms with Crippen molar-refractivity contribution in [3.63, 3.8) is 0 Å². The number of anilines is 2. The van der Waals surface area contributed by atoms with Gasteiger partial charge in [0, 0.05) is 47.5 Å². The molecule has 2 aromatic rings. The van der Waals surface area contributed by atoms with E-state index in [0.717, 1.165) is 17.9 Å². The molecule has 0 unspecified atom stereocenters. The highest BCUT2D eigenvalue weighted by Gasteiger charge is 2.53. The molecular weight excluding hydrogens is 410 g/mol. The highest BCUT2D eigenvalue weighted by Crippen LogP contribution is 2.49. The molecule has 2 heterocycles. The number of para-hydroxylation sites is 1. The summed E-state index contributed by atoms with van der Waals surface area (Å²) < 4.78 is 0. The number of rotatable bonds is 4. The predicted octanol–water partition coefficient (Wildman–Crippen LogP) is 5.10. The first-order chi connectivity index (χ1) is 15.2. The summed E-state index contributed by atoms with van der Waals surface area (Å²) in [4.78, 5) is 17.6. The first-order valence-corrected chi connectivity index (χ1v) is 11.8. The van der Waals surface area contributed by atoms with Gasteiger partial charge in [-0.2, -0.15) is 0 Å². The van der Waals surface area contributed by atoms with Crippen molar-refractivity contribution >= 4 is 29.0 Å². The Bertz CT molecular complexity index is 929.